The average molecular weight is 427 g/mol. The molecule has 2 fully saturated rings. The monoisotopic (exact) mass is 426 g/mol. The third-order valence-corrected chi connectivity index (χ3v) is 7.43. The second-order valence-corrected chi connectivity index (χ2v) is 9.70. The quantitative estimate of drug-likeness (QED) is 0.308. The fourth-order valence-electron chi connectivity index (χ4n) is 5.01. The molecule has 1 saturated carbocycles. The number of carbonyl (C=O) groups excluding carboxylic acids is 2. The number of hydrogen-bond acceptors (Lipinski definition) is 5. The highest BCUT2D eigenvalue weighted by molar-refractivity contribution is 6.10. The summed E-state index contributed by atoms with van der Waals surface area (Å²) in [6, 6.07) is 0. The van der Waals surface area contributed by atoms with Crippen molar-refractivity contribution in [2.45, 2.75) is 72.4 Å². The molecule has 168 valence electrons. The van der Waals surface area contributed by atoms with Gasteiger partial charge in [0.05, 0.1) is 18.1 Å². The molecule has 1 saturated heterocycles. The molecule has 3 rings (SSSR count). The van der Waals surface area contributed by atoms with Crippen molar-refractivity contribution in [1.29, 1.82) is 0 Å². The van der Waals surface area contributed by atoms with E-state index < -0.39 is 28.5 Å². The number of carbonyl (C=O) groups is 2. The summed E-state index contributed by atoms with van der Waals surface area (Å²) >= 11 is 0. The Labute approximate surface area is 185 Å². The van der Waals surface area contributed by atoms with Gasteiger partial charge in [0.2, 0.25) is 0 Å². The van der Waals surface area contributed by atoms with Crippen molar-refractivity contribution in [2.24, 2.45) is 16.7 Å². The Morgan fingerprint density at radius 2 is 1.68 bits per heavy atom. The summed E-state index contributed by atoms with van der Waals surface area (Å²) in [6.45, 7) is 13.1. The fraction of sp³-hybridized carbons (Fsp3) is 0.538. The van der Waals surface area contributed by atoms with Gasteiger partial charge in [-0.1, -0.05) is 56.4 Å². The van der Waals surface area contributed by atoms with Crippen LogP contribution in [0.25, 0.3) is 0 Å². The van der Waals surface area contributed by atoms with Gasteiger partial charge >= 0.3 is 5.97 Å². The number of aliphatic hydroxyl groups is 1. The molecule has 2 heterocycles. The Balaban J connectivity index is 1.64. The third-order valence-electron chi connectivity index (χ3n) is 7.43. The second-order valence-electron chi connectivity index (χ2n) is 9.70. The van der Waals surface area contributed by atoms with Crippen LogP contribution in [0.3, 0.4) is 0 Å². The molecule has 7 atom stereocenters. The van der Waals surface area contributed by atoms with E-state index in [-0.39, 0.29) is 23.9 Å². The molecule has 1 N–H and O–H groups in total. The molecule has 0 aromatic heterocycles. The van der Waals surface area contributed by atoms with Gasteiger partial charge in [0.25, 0.3) is 0 Å². The van der Waals surface area contributed by atoms with E-state index in [9.17, 15) is 14.7 Å². The van der Waals surface area contributed by atoms with Crippen LogP contribution < -0.4 is 0 Å². The van der Waals surface area contributed by atoms with Crippen LogP contribution in [0.1, 0.15) is 48.5 Å². The molecule has 0 aromatic carbocycles. The van der Waals surface area contributed by atoms with E-state index in [4.69, 9.17) is 9.47 Å². The van der Waals surface area contributed by atoms with Crippen LogP contribution in [0.4, 0.5) is 0 Å². The number of hydrogen-bond donors (Lipinski definition) is 1. The number of allylic oxidation sites excluding steroid dienone is 6. The molecule has 0 amide bonds. The van der Waals surface area contributed by atoms with Gasteiger partial charge < -0.3 is 14.6 Å². The van der Waals surface area contributed by atoms with Crippen LogP contribution in [-0.4, -0.2) is 40.8 Å². The van der Waals surface area contributed by atoms with E-state index >= 15 is 0 Å². The minimum Gasteiger partial charge on any atom is -0.460 e. The van der Waals surface area contributed by atoms with Crippen LogP contribution in [0.2, 0.25) is 0 Å². The second kappa shape index (κ2) is 8.03. The summed E-state index contributed by atoms with van der Waals surface area (Å²) in [5.74, 6) is -0.724. The molecule has 2 bridgehead atoms. The van der Waals surface area contributed by atoms with Crippen molar-refractivity contribution in [3.05, 3.63) is 59.8 Å². The lowest BCUT2D eigenvalue weighted by molar-refractivity contribution is -0.161. The summed E-state index contributed by atoms with van der Waals surface area (Å²) in [5.41, 5.74) is -0.633. The number of ether oxygens (including phenoxy) is 2. The Bertz CT molecular complexity index is 918. The van der Waals surface area contributed by atoms with Crippen LogP contribution in [0.15, 0.2) is 59.8 Å². The maximum Gasteiger partial charge on any atom is 0.320 e. The molecule has 5 nitrogen and oxygen atoms in total. The molecule has 1 aliphatic carbocycles. The SMILES string of the molecule is CC1=C[C@@](C)(O)[C@@H](C)O[C@H]1/C(C)=C/C=C/C=C/C=C/[C@@]1(C)[C@H]2OC(=O)[C@]1(C)C(=O)[C@@H]2C. The molecular formula is C26H34O5. The number of rotatable bonds is 5. The predicted octanol–water partition coefficient (Wildman–Crippen LogP) is 4.24. The van der Waals surface area contributed by atoms with Gasteiger partial charge in [-0.15, -0.1) is 0 Å². The number of fused-ring (bicyclic) bond motifs is 2. The first-order valence-electron chi connectivity index (χ1n) is 10.9. The average Bonchev–Trinajstić information content (AvgIpc) is 2.97. The Morgan fingerprint density at radius 3 is 2.32 bits per heavy atom. The zero-order valence-electron chi connectivity index (χ0n) is 19.5. The summed E-state index contributed by atoms with van der Waals surface area (Å²) in [6.07, 6.45) is 14.5. The van der Waals surface area contributed by atoms with E-state index in [1.54, 1.807) is 13.8 Å². The molecule has 0 unspecified atom stereocenters. The highest BCUT2D eigenvalue weighted by atomic mass is 16.6. The Hall–Kier alpha value is -2.24. The lowest BCUT2D eigenvalue weighted by Crippen LogP contribution is -2.44. The van der Waals surface area contributed by atoms with Crippen LogP contribution in [0.5, 0.6) is 0 Å². The van der Waals surface area contributed by atoms with Gasteiger partial charge in [-0.05, 0) is 51.8 Å². The fourth-order valence-corrected chi connectivity index (χ4v) is 5.01. The molecule has 3 aliphatic rings. The normalized spacial score (nSPS) is 43.5. The van der Waals surface area contributed by atoms with Gasteiger partial charge in [0, 0.05) is 5.41 Å². The zero-order valence-corrected chi connectivity index (χ0v) is 19.5. The highest BCUT2D eigenvalue weighted by Crippen LogP contribution is 2.60. The first kappa shape index (κ1) is 23.4. The lowest BCUT2D eigenvalue weighted by atomic mass is 9.68. The highest BCUT2D eigenvalue weighted by Gasteiger charge is 2.73. The Morgan fingerprint density at radius 1 is 1.06 bits per heavy atom. The van der Waals surface area contributed by atoms with Crippen molar-refractivity contribution in [3.63, 3.8) is 0 Å². The van der Waals surface area contributed by atoms with E-state index in [0.29, 0.717) is 0 Å². The zero-order chi connectivity index (χ0) is 23.2. The summed E-state index contributed by atoms with van der Waals surface area (Å²) in [4.78, 5) is 24.8. The van der Waals surface area contributed by atoms with Crippen molar-refractivity contribution < 1.29 is 24.2 Å². The van der Waals surface area contributed by atoms with Gasteiger partial charge in [0.15, 0.2) is 5.78 Å². The number of ketones is 1. The molecule has 0 spiro atoms. The van der Waals surface area contributed by atoms with Crippen LogP contribution in [0, 0.1) is 16.7 Å². The smallest absolute Gasteiger partial charge is 0.320 e. The summed E-state index contributed by atoms with van der Waals surface area (Å²) < 4.78 is 11.5. The van der Waals surface area contributed by atoms with Crippen LogP contribution >= 0.6 is 0 Å². The molecule has 31 heavy (non-hydrogen) atoms. The number of esters is 1. The molecule has 5 heteroatoms. The first-order chi connectivity index (χ1) is 14.4. The molecule has 0 radical (unpaired) electrons. The van der Waals surface area contributed by atoms with Gasteiger partial charge in [-0.3, -0.25) is 9.59 Å². The van der Waals surface area contributed by atoms with E-state index in [1.807, 2.05) is 83.2 Å². The predicted molar refractivity (Wildman–Crippen MR) is 120 cm³/mol. The van der Waals surface area contributed by atoms with Crippen molar-refractivity contribution in [3.8, 4) is 0 Å². The van der Waals surface area contributed by atoms with Crippen LogP contribution in [-0.2, 0) is 19.1 Å². The molecular weight excluding hydrogens is 392 g/mol. The maximum absolute atomic E-state index is 12.6. The van der Waals surface area contributed by atoms with E-state index in [2.05, 4.69) is 0 Å². The Kier molecular flexibility index (Phi) is 6.07. The van der Waals surface area contributed by atoms with Gasteiger partial charge in [-0.25, -0.2) is 0 Å². The van der Waals surface area contributed by atoms with Gasteiger partial charge in [0.1, 0.15) is 17.1 Å². The summed E-state index contributed by atoms with van der Waals surface area (Å²) in [5, 5.41) is 10.3. The van der Waals surface area contributed by atoms with E-state index in [0.717, 1.165) is 11.1 Å². The molecule has 2 aliphatic heterocycles. The standard InChI is InChI=1S/C26H34O5/c1-16(20-17(2)15-25(6,29)19(4)30-20)13-11-9-8-10-12-14-24(5)22-18(3)21(27)26(24,7)23(28)31-22/h8-15,18-20,22,29H,1-7H3/b10-8+,11-9+,14-12+,16-13+/t18-,19+,20-,22-,24-,25+,26-/m0/s1. The van der Waals surface area contributed by atoms with Gasteiger partial charge in [-0.2, -0.15) is 0 Å². The van der Waals surface area contributed by atoms with E-state index in [1.165, 1.54) is 0 Å². The van der Waals surface area contributed by atoms with Crippen molar-refractivity contribution in [1.82, 2.24) is 0 Å². The largest absolute Gasteiger partial charge is 0.460 e. The molecule has 0 aromatic rings. The minimum absolute atomic E-state index is 0.0320. The first-order valence-corrected chi connectivity index (χ1v) is 10.9. The maximum atomic E-state index is 12.6. The topological polar surface area (TPSA) is 72.8 Å². The van der Waals surface area contributed by atoms with Crippen molar-refractivity contribution >= 4 is 11.8 Å². The minimum atomic E-state index is -1.11. The number of Topliss-reactive ketones (excluding diaryl/α,β-unsaturated/α-hetero) is 1. The summed E-state index contributed by atoms with van der Waals surface area (Å²) in [7, 11) is 0. The van der Waals surface area contributed by atoms with Crippen molar-refractivity contribution in [2.75, 3.05) is 0 Å². The third kappa shape index (κ3) is 3.68. The lowest BCUT2D eigenvalue weighted by Gasteiger charge is -2.37.